The van der Waals surface area contributed by atoms with Crippen molar-refractivity contribution >= 4 is 144 Å². The fraction of sp³-hybridized carbons (Fsp3) is 0.0500. The highest BCUT2D eigenvalue weighted by Crippen LogP contribution is 2.57. The van der Waals surface area contributed by atoms with Gasteiger partial charge in [0.25, 0.3) is 0 Å². The number of pyridine rings is 4. The van der Waals surface area contributed by atoms with Crippen molar-refractivity contribution < 1.29 is 0 Å². The summed E-state index contributed by atoms with van der Waals surface area (Å²) >= 11 is 0. The van der Waals surface area contributed by atoms with Crippen molar-refractivity contribution in [3.05, 3.63) is 302 Å². The summed E-state index contributed by atoms with van der Waals surface area (Å²) in [5.74, 6) is 0. The molecule has 0 aliphatic carbocycles. The molecule has 0 aliphatic rings. The fourth-order valence-electron chi connectivity index (χ4n) is 13.6. The number of anilines is 12. The summed E-state index contributed by atoms with van der Waals surface area (Å²) in [7, 11) is 0. The third-order valence-corrected chi connectivity index (χ3v) is 17.5. The highest BCUT2D eigenvalue weighted by atomic mass is 15.2. The van der Waals surface area contributed by atoms with E-state index in [1.165, 1.54) is 0 Å². The zero-order valence-electron chi connectivity index (χ0n) is 49.1. The van der Waals surface area contributed by atoms with Gasteiger partial charge in [0.15, 0.2) is 0 Å². The number of hydrogen-bond donors (Lipinski definition) is 0. The molecule has 0 atom stereocenters. The second kappa shape index (κ2) is 21.2. The van der Waals surface area contributed by atoms with E-state index in [1.807, 2.05) is 49.1 Å². The molecule has 0 spiro atoms. The molecule has 0 N–H and O–H groups in total. The normalized spacial score (nSPS) is 11.6. The standard InChI is InChI=1S/C80H58N8/c1-51-33-37-55-21-17-45-81-73(55)77(51)85(59-25-9-5-10-26-59)67-49-68(86(60-27-11-6-12-28-60)78-52(2)34-38-56-22-18-46-82-74(56)78)64-43-44-66-70(88(62-31-15-8-16-32-62)80-54(4)36-40-58-24-20-48-84-76(58)80)50-69(65-42-41-63(67)71(64)72(65)66)87(61-29-13-7-14-30-61)79-53(3)35-39-57-23-19-47-83-75(57)79/h5-50H,1-4H3. The van der Waals surface area contributed by atoms with Gasteiger partial charge in [0.1, 0.15) is 0 Å². The quantitative estimate of drug-likeness (QED) is 0.112. The van der Waals surface area contributed by atoms with E-state index >= 15 is 0 Å². The summed E-state index contributed by atoms with van der Waals surface area (Å²) in [6.07, 6.45) is 7.66. The van der Waals surface area contributed by atoms with Gasteiger partial charge in [0, 0.05) is 101 Å². The lowest BCUT2D eigenvalue weighted by atomic mass is 9.88. The minimum atomic E-state index is 0.910. The highest BCUT2D eigenvalue weighted by Gasteiger charge is 2.32. The Morgan fingerprint density at radius 1 is 0.227 bits per heavy atom. The fourth-order valence-corrected chi connectivity index (χ4v) is 13.6. The van der Waals surface area contributed by atoms with Crippen molar-refractivity contribution in [2.24, 2.45) is 0 Å². The molecule has 0 aliphatic heterocycles. The maximum Gasteiger partial charge on any atom is 0.0945 e. The summed E-state index contributed by atoms with van der Waals surface area (Å²) in [5.41, 5.74) is 20.0. The van der Waals surface area contributed by atoms with Gasteiger partial charge in [0.2, 0.25) is 0 Å². The van der Waals surface area contributed by atoms with Crippen molar-refractivity contribution in [1.29, 1.82) is 0 Å². The smallest absolute Gasteiger partial charge is 0.0945 e. The third kappa shape index (κ3) is 8.44. The molecule has 8 heteroatoms. The number of aromatic nitrogens is 4. The van der Waals surface area contributed by atoms with E-state index in [9.17, 15) is 0 Å². The van der Waals surface area contributed by atoms with Crippen LogP contribution in [-0.4, -0.2) is 19.9 Å². The van der Waals surface area contributed by atoms with E-state index in [4.69, 9.17) is 19.9 Å². The minimum Gasteiger partial charge on any atom is -0.307 e. The summed E-state index contributed by atoms with van der Waals surface area (Å²) < 4.78 is 0. The van der Waals surface area contributed by atoms with Gasteiger partial charge in [-0.1, -0.05) is 170 Å². The Labute approximate surface area is 510 Å². The van der Waals surface area contributed by atoms with Gasteiger partial charge in [-0.2, -0.15) is 0 Å². The molecule has 0 saturated carbocycles. The predicted molar refractivity (Wildman–Crippen MR) is 369 cm³/mol. The van der Waals surface area contributed by atoms with Crippen LogP contribution in [0.3, 0.4) is 0 Å². The van der Waals surface area contributed by atoms with Crippen LogP contribution in [-0.2, 0) is 0 Å². The number of rotatable bonds is 12. The minimum absolute atomic E-state index is 0.910. The van der Waals surface area contributed by atoms with Crippen LogP contribution in [0.15, 0.2) is 280 Å². The Morgan fingerprint density at radius 2 is 0.455 bits per heavy atom. The molecule has 418 valence electrons. The molecule has 0 fully saturated rings. The van der Waals surface area contributed by atoms with Crippen molar-refractivity contribution in [2.45, 2.75) is 27.7 Å². The maximum atomic E-state index is 5.23. The Kier molecular flexibility index (Phi) is 12.6. The maximum absolute atomic E-state index is 5.23. The number of aryl methyl sites for hydroxylation is 4. The first-order valence-corrected chi connectivity index (χ1v) is 29.9. The second-order valence-electron chi connectivity index (χ2n) is 22.8. The van der Waals surface area contributed by atoms with E-state index in [0.29, 0.717) is 0 Å². The van der Waals surface area contributed by atoms with E-state index < -0.39 is 0 Å². The van der Waals surface area contributed by atoms with Gasteiger partial charge in [0.05, 0.1) is 67.6 Å². The summed E-state index contributed by atoms with van der Waals surface area (Å²) in [6, 6.07) is 92.0. The lowest BCUT2D eigenvalue weighted by molar-refractivity contribution is 1.23. The van der Waals surface area contributed by atoms with Gasteiger partial charge in [-0.3, -0.25) is 19.9 Å². The zero-order chi connectivity index (χ0) is 59.0. The third-order valence-electron chi connectivity index (χ3n) is 17.5. The Hall–Kier alpha value is -11.5. The van der Waals surface area contributed by atoms with Gasteiger partial charge in [-0.15, -0.1) is 0 Å². The SMILES string of the molecule is Cc1ccc2cccnc2c1N(c1ccccc1)c1cc(N(c2ccccc2)c2c(C)ccc3cccnc23)c2ccc3c(N(c4ccccc4)c4c(C)ccc5cccnc45)cc(N(c4ccccc4)c4c(C)ccc5cccnc45)c4ccc1c2c43. The van der Waals surface area contributed by atoms with Crippen LogP contribution in [0.4, 0.5) is 68.2 Å². The van der Waals surface area contributed by atoms with E-state index in [0.717, 1.165) is 166 Å². The average molecular weight is 1130 g/mol. The molecule has 0 radical (unpaired) electrons. The van der Waals surface area contributed by atoms with Crippen molar-refractivity contribution in [3.63, 3.8) is 0 Å². The Balaban J connectivity index is 1.15. The topological polar surface area (TPSA) is 64.5 Å². The lowest BCUT2D eigenvalue weighted by Gasteiger charge is -2.35. The van der Waals surface area contributed by atoms with Gasteiger partial charge >= 0.3 is 0 Å². The first kappa shape index (κ1) is 52.1. The van der Waals surface area contributed by atoms with Crippen LogP contribution in [0.2, 0.25) is 0 Å². The van der Waals surface area contributed by atoms with Crippen molar-refractivity contribution in [1.82, 2.24) is 19.9 Å². The Bertz CT molecular complexity index is 4690. The van der Waals surface area contributed by atoms with E-state index in [2.05, 4.69) is 278 Å². The predicted octanol–water partition coefficient (Wildman–Crippen LogP) is 21.9. The first-order chi connectivity index (χ1) is 43.4. The molecule has 0 bridgehead atoms. The van der Waals surface area contributed by atoms with Crippen LogP contribution in [0.1, 0.15) is 22.3 Å². The summed E-state index contributed by atoms with van der Waals surface area (Å²) in [6.45, 7) is 8.84. The lowest BCUT2D eigenvalue weighted by Crippen LogP contribution is -2.18. The van der Waals surface area contributed by atoms with Crippen molar-refractivity contribution in [3.8, 4) is 0 Å². The van der Waals surface area contributed by atoms with Crippen molar-refractivity contribution in [2.75, 3.05) is 19.6 Å². The van der Waals surface area contributed by atoms with Crippen LogP contribution in [0.5, 0.6) is 0 Å². The van der Waals surface area contributed by atoms with Crippen LogP contribution in [0, 0.1) is 27.7 Å². The molecule has 16 aromatic rings. The summed E-state index contributed by atoms with van der Waals surface area (Å²) in [4.78, 5) is 30.7. The molecule has 8 nitrogen and oxygen atoms in total. The number of para-hydroxylation sites is 4. The molecular weight excluding hydrogens is 1070 g/mol. The van der Waals surface area contributed by atoms with Crippen LogP contribution < -0.4 is 19.6 Å². The van der Waals surface area contributed by atoms with E-state index in [1.54, 1.807) is 0 Å². The molecule has 0 unspecified atom stereocenters. The highest BCUT2D eigenvalue weighted by molar-refractivity contribution is 6.33. The molecule has 12 aromatic carbocycles. The number of hydrogen-bond acceptors (Lipinski definition) is 8. The molecular formula is C80H58N8. The van der Waals surface area contributed by atoms with Crippen LogP contribution in [0.25, 0.3) is 75.9 Å². The molecule has 88 heavy (non-hydrogen) atoms. The Morgan fingerprint density at radius 3 is 0.682 bits per heavy atom. The second-order valence-corrected chi connectivity index (χ2v) is 22.8. The zero-order valence-corrected chi connectivity index (χ0v) is 49.1. The average Bonchev–Trinajstić information content (AvgIpc) is 0.717. The van der Waals surface area contributed by atoms with Gasteiger partial charge in [-0.25, -0.2) is 0 Å². The molecule has 0 amide bonds. The molecule has 4 heterocycles. The van der Waals surface area contributed by atoms with Gasteiger partial charge < -0.3 is 19.6 Å². The first-order valence-electron chi connectivity index (χ1n) is 29.9. The largest absolute Gasteiger partial charge is 0.307 e. The number of fused-ring (bicyclic) bond motifs is 4. The van der Waals surface area contributed by atoms with Gasteiger partial charge in [-0.05, 0) is 135 Å². The van der Waals surface area contributed by atoms with E-state index in [-0.39, 0.29) is 0 Å². The van der Waals surface area contributed by atoms with Crippen LogP contribution >= 0.6 is 0 Å². The summed E-state index contributed by atoms with van der Waals surface area (Å²) in [5, 5.41) is 10.7. The molecule has 0 saturated heterocycles. The monoisotopic (exact) mass is 1130 g/mol. The number of nitrogens with zero attached hydrogens (tertiary/aromatic N) is 8. The number of benzene rings is 12. The molecule has 16 rings (SSSR count). The molecule has 4 aromatic heterocycles.